The molecule has 19 heavy (non-hydrogen) atoms. The smallest absolute Gasteiger partial charge is 0.303 e. The van der Waals surface area contributed by atoms with Crippen LogP contribution in [-0.2, 0) is 4.79 Å². The molecule has 1 amide bonds. The van der Waals surface area contributed by atoms with E-state index < -0.39 is 5.97 Å². The molecule has 1 aromatic rings. The molecular weight excluding hydrogens is 244 g/mol. The second kappa shape index (κ2) is 6.89. The molecule has 5 heteroatoms. The van der Waals surface area contributed by atoms with Gasteiger partial charge in [-0.25, -0.2) is 5.01 Å². The lowest BCUT2D eigenvalue weighted by Gasteiger charge is -2.34. The molecule has 1 atom stereocenters. The Balaban J connectivity index is 2.83. The molecule has 1 aromatic carbocycles. The van der Waals surface area contributed by atoms with Gasteiger partial charge in [0, 0.05) is 32.1 Å². The summed E-state index contributed by atoms with van der Waals surface area (Å²) in [6.45, 7) is 1.85. The van der Waals surface area contributed by atoms with E-state index in [0.717, 1.165) is 0 Å². The molecule has 0 aliphatic heterocycles. The maximum atomic E-state index is 12.4. The molecule has 0 bridgehead atoms. The van der Waals surface area contributed by atoms with Crippen molar-refractivity contribution < 1.29 is 14.7 Å². The second-order valence-electron chi connectivity index (χ2n) is 4.64. The van der Waals surface area contributed by atoms with Crippen LogP contribution in [0.4, 0.5) is 0 Å². The zero-order chi connectivity index (χ0) is 14.4. The van der Waals surface area contributed by atoms with Crippen LogP contribution >= 0.6 is 0 Å². The van der Waals surface area contributed by atoms with Crippen molar-refractivity contribution in [3.8, 4) is 0 Å². The summed E-state index contributed by atoms with van der Waals surface area (Å²) in [5.41, 5.74) is 0.596. The van der Waals surface area contributed by atoms with Gasteiger partial charge in [-0.1, -0.05) is 18.2 Å². The third-order valence-electron chi connectivity index (χ3n) is 2.85. The van der Waals surface area contributed by atoms with Gasteiger partial charge in [-0.3, -0.25) is 14.6 Å². The van der Waals surface area contributed by atoms with Crippen molar-refractivity contribution in [2.75, 3.05) is 14.1 Å². The topological polar surface area (TPSA) is 60.9 Å². The average Bonchev–Trinajstić information content (AvgIpc) is 2.37. The second-order valence-corrected chi connectivity index (χ2v) is 4.64. The zero-order valence-corrected chi connectivity index (χ0v) is 11.5. The Morgan fingerprint density at radius 3 is 2.26 bits per heavy atom. The fourth-order valence-electron chi connectivity index (χ4n) is 1.94. The molecule has 5 nitrogen and oxygen atoms in total. The molecule has 0 aliphatic carbocycles. The number of aliphatic carboxylic acids is 1. The van der Waals surface area contributed by atoms with Gasteiger partial charge < -0.3 is 5.11 Å². The predicted molar refractivity (Wildman–Crippen MR) is 72.6 cm³/mol. The molecule has 0 saturated carbocycles. The first-order valence-electron chi connectivity index (χ1n) is 6.21. The van der Waals surface area contributed by atoms with Crippen LogP contribution in [0.2, 0.25) is 0 Å². The molecule has 1 unspecified atom stereocenters. The highest BCUT2D eigenvalue weighted by Crippen LogP contribution is 2.13. The summed E-state index contributed by atoms with van der Waals surface area (Å²) in [5, 5.41) is 12.0. The minimum atomic E-state index is -0.849. The lowest BCUT2D eigenvalue weighted by atomic mass is 10.1. The molecule has 0 spiro atoms. The molecule has 0 fully saturated rings. The normalized spacial score (nSPS) is 12.2. The monoisotopic (exact) mass is 264 g/mol. The number of carboxylic acids is 1. The maximum absolute atomic E-state index is 12.4. The summed E-state index contributed by atoms with van der Waals surface area (Å²) in [6, 6.07) is 8.81. The quantitative estimate of drug-likeness (QED) is 0.797. The van der Waals surface area contributed by atoms with Gasteiger partial charge in [-0.15, -0.1) is 0 Å². The Hall–Kier alpha value is -1.88. The van der Waals surface area contributed by atoms with Crippen molar-refractivity contribution in [1.82, 2.24) is 10.0 Å². The first-order chi connectivity index (χ1) is 8.93. The fraction of sp³-hybridized carbons (Fsp3) is 0.429. The van der Waals surface area contributed by atoms with E-state index >= 15 is 0 Å². The average molecular weight is 264 g/mol. The highest BCUT2D eigenvalue weighted by molar-refractivity contribution is 5.94. The number of carboxylic acid groups (broad SMARTS) is 1. The van der Waals surface area contributed by atoms with Crippen LogP contribution in [0.3, 0.4) is 0 Å². The first kappa shape index (κ1) is 15.2. The molecule has 0 saturated heterocycles. The highest BCUT2D eigenvalue weighted by Gasteiger charge is 2.23. The Morgan fingerprint density at radius 1 is 1.21 bits per heavy atom. The number of hydrogen-bond acceptors (Lipinski definition) is 3. The van der Waals surface area contributed by atoms with Gasteiger partial charge in [0.2, 0.25) is 0 Å². The number of carbonyl (C=O) groups is 2. The van der Waals surface area contributed by atoms with Gasteiger partial charge in [0.25, 0.3) is 5.91 Å². The Labute approximate surface area is 113 Å². The molecule has 0 aromatic heterocycles. The molecule has 0 aliphatic rings. The summed E-state index contributed by atoms with van der Waals surface area (Å²) < 4.78 is 0. The van der Waals surface area contributed by atoms with Crippen LogP contribution in [0.25, 0.3) is 0 Å². The Kier molecular flexibility index (Phi) is 5.51. The number of rotatable bonds is 6. The molecule has 0 heterocycles. The highest BCUT2D eigenvalue weighted by atomic mass is 16.4. The lowest BCUT2D eigenvalue weighted by molar-refractivity contribution is -0.137. The van der Waals surface area contributed by atoms with Crippen LogP contribution in [0.5, 0.6) is 0 Å². The van der Waals surface area contributed by atoms with E-state index in [1.165, 1.54) is 0 Å². The van der Waals surface area contributed by atoms with Crippen molar-refractivity contribution >= 4 is 11.9 Å². The van der Waals surface area contributed by atoms with Crippen molar-refractivity contribution in [2.45, 2.75) is 25.8 Å². The largest absolute Gasteiger partial charge is 0.481 e. The summed E-state index contributed by atoms with van der Waals surface area (Å²) in [5.74, 6) is -0.971. The van der Waals surface area contributed by atoms with Gasteiger partial charge >= 0.3 is 5.97 Å². The van der Waals surface area contributed by atoms with Crippen LogP contribution in [-0.4, -0.2) is 47.1 Å². The fourth-order valence-corrected chi connectivity index (χ4v) is 1.94. The van der Waals surface area contributed by atoms with E-state index in [4.69, 9.17) is 5.11 Å². The minimum Gasteiger partial charge on any atom is -0.481 e. The number of amides is 1. The van der Waals surface area contributed by atoms with Gasteiger partial charge in [0.1, 0.15) is 0 Å². The van der Waals surface area contributed by atoms with Crippen LogP contribution in [0, 0.1) is 0 Å². The third kappa shape index (κ3) is 4.37. The number of hydrogen-bond donors (Lipinski definition) is 1. The van der Waals surface area contributed by atoms with E-state index in [-0.39, 0.29) is 18.4 Å². The molecule has 0 radical (unpaired) electrons. The molecular formula is C14H20N2O3. The number of hydrazine groups is 1. The summed E-state index contributed by atoms with van der Waals surface area (Å²) in [4.78, 5) is 23.0. The van der Waals surface area contributed by atoms with Crippen molar-refractivity contribution in [2.24, 2.45) is 0 Å². The molecule has 1 N–H and O–H groups in total. The molecule has 1 rings (SSSR count). The number of nitrogens with zero attached hydrogens (tertiary/aromatic N) is 2. The summed E-state index contributed by atoms with van der Waals surface area (Å²) >= 11 is 0. The van der Waals surface area contributed by atoms with Gasteiger partial charge in [-0.05, 0) is 25.5 Å². The van der Waals surface area contributed by atoms with E-state index in [9.17, 15) is 9.59 Å². The van der Waals surface area contributed by atoms with Crippen molar-refractivity contribution in [1.29, 1.82) is 0 Å². The summed E-state index contributed by atoms with van der Waals surface area (Å²) in [6.07, 6.45) is 0.472. The van der Waals surface area contributed by atoms with Gasteiger partial charge in [-0.2, -0.15) is 0 Å². The first-order valence-corrected chi connectivity index (χ1v) is 6.21. The van der Waals surface area contributed by atoms with Gasteiger partial charge in [0.15, 0.2) is 0 Å². The molecule has 104 valence electrons. The van der Waals surface area contributed by atoms with Gasteiger partial charge in [0.05, 0.1) is 0 Å². The number of carbonyl (C=O) groups excluding carboxylic acids is 1. The third-order valence-corrected chi connectivity index (χ3v) is 2.85. The lowest BCUT2D eigenvalue weighted by Crippen LogP contribution is -2.47. The SMILES string of the molecule is CC(CCC(=O)O)N(C(=O)c1ccccc1)N(C)C. The minimum absolute atomic E-state index is 0.0492. The van der Waals surface area contributed by atoms with E-state index in [1.807, 2.05) is 25.1 Å². The van der Waals surface area contributed by atoms with Crippen LogP contribution < -0.4 is 0 Å². The summed E-state index contributed by atoms with van der Waals surface area (Å²) in [7, 11) is 3.55. The predicted octanol–water partition coefficient (Wildman–Crippen LogP) is 1.86. The Bertz CT molecular complexity index is 432. The van der Waals surface area contributed by atoms with Crippen molar-refractivity contribution in [3.63, 3.8) is 0 Å². The van der Waals surface area contributed by atoms with Crippen LogP contribution in [0.1, 0.15) is 30.1 Å². The van der Waals surface area contributed by atoms with E-state index in [2.05, 4.69) is 0 Å². The standard InChI is InChI=1S/C14H20N2O3/c1-11(9-10-13(17)18)16(15(2)3)14(19)12-7-5-4-6-8-12/h4-8,11H,9-10H2,1-3H3,(H,17,18). The zero-order valence-electron chi connectivity index (χ0n) is 11.5. The van der Waals surface area contributed by atoms with Crippen molar-refractivity contribution in [3.05, 3.63) is 35.9 Å². The maximum Gasteiger partial charge on any atom is 0.303 e. The number of benzene rings is 1. The van der Waals surface area contributed by atoms with E-state index in [1.54, 1.807) is 36.2 Å². The van der Waals surface area contributed by atoms with E-state index in [0.29, 0.717) is 12.0 Å². The Morgan fingerprint density at radius 2 is 1.79 bits per heavy atom. The van der Waals surface area contributed by atoms with Crippen LogP contribution in [0.15, 0.2) is 30.3 Å².